The molecule has 0 atom stereocenters. The van der Waals surface area contributed by atoms with Gasteiger partial charge in [0.2, 0.25) is 5.91 Å². The number of amides is 1. The van der Waals surface area contributed by atoms with E-state index < -0.39 is 0 Å². The molecule has 2 aromatic rings. The fourth-order valence-electron chi connectivity index (χ4n) is 1.59. The molecular weight excluding hydrogens is 274 g/mol. The number of rotatable bonds is 5. The molecular formula is C15H15NO3S. The predicted octanol–water partition coefficient (Wildman–Crippen LogP) is 2.74. The van der Waals surface area contributed by atoms with Gasteiger partial charge in [-0.25, -0.2) is 4.79 Å². The zero-order valence-electron chi connectivity index (χ0n) is 11.1. The Morgan fingerprint density at radius 2 is 1.90 bits per heavy atom. The molecule has 104 valence electrons. The maximum Gasteiger partial charge on any atom is 0.338 e. The third-order valence-electron chi connectivity index (χ3n) is 2.68. The minimum Gasteiger partial charge on any atom is -0.457 e. The van der Waals surface area contributed by atoms with Crippen LogP contribution in [0, 0.1) is 0 Å². The quantitative estimate of drug-likeness (QED) is 0.861. The summed E-state index contributed by atoms with van der Waals surface area (Å²) in [5.41, 5.74) is 2.44. The van der Waals surface area contributed by atoms with Gasteiger partial charge < -0.3 is 10.1 Å². The molecule has 0 aliphatic heterocycles. The Bertz CT molecular complexity index is 576. The fraction of sp³-hybridized carbons (Fsp3) is 0.200. The Morgan fingerprint density at radius 1 is 1.15 bits per heavy atom. The number of hydrogen-bond donors (Lipinski definition) is 1. The molecule has 0 saturated heterocycles. The van der Waals surface area contributed by atoms with Crippen LogP contribution in [0.1, 0.15) is 28.4 Å². The molecule has 0 aliphatic carbocycles. The first kappa shape index (κ1) is 14.3. The van der Waals surface area contributed by atoms with Crippen molar-refractivity contribution in [3.8, 4) is 0 Å². The summed E-state index contributed by atoms with van der Waals surface area (Å²) >= 11 is 1.57. The van der Waals surface area contributed by atoms with Crippen LogP contribution in [0.3, 0.4) is 0 Å². The number of thiophene rings is 1. The van der Waals surface area contributed by atoms with Crippen LogP contribution in [-0.2, 0) is 22.7 Å². The molecule has 20 heavy (non-hydrogen) atoms. The first-order valence-corrected chi connectivity index (χ1v) is 7.11. The smallest absolute Gasteiger partial charge is 0.338 e. The molecule has 1 aromatic carbocycles. The maximum absolute atomic E-state index is 11.8. The van der Waals surface area contributed by atoms with Crippen molar-refractivity contribution in [3.63, 3.8) is 0 Å². The average molecular weight is 289 g/mol. The Morgan fingerprint density at radius 3 is 2.50 bits per heavy atom. The molecule has 0 saturated carbocycles. The van der Waals surface area contributed by atoms with Gasteiger partial charge in [0.15, 0.2) is 0 Å². The zero-order valence-corrected chi connectivity index (χ0v) is 11.9. The molecule has 0 fully saturated rings. The van der Waals surface area contributed by atoms with Gasteiger partial charge in [0.25, 0.3) is 0 Å². The second kappa shape index (κ2) is 6.86. The maximum atomic E-state index is 11.8. The topological polar surface area (TPSA) is 55.4 Å². The summed E-state index contributed by atoms with van der Waals surface area (Å²) in [5.74, 6) is -0.425. The van der Waals surface area contributed by atoms with Gasteiger partial charge >= 0.3 is 5.97 Å². The van der Waals surface area contributed by atoms with Crippen molar-refractivity contribution >= 4 is 23.2 Å². The Kier molecular flexibility index (Phi) is 4.90. The molecule has 0 bridgehead atoms. The number of ether oxygens (including phenoxy) is 1. The van der Waals surface area contributed by atoms with Gasteiger partial charge in [-0.2, -0.15) is 11.3 Å². The van der Waals surface area contributed by atoms with E-state index in [9.17, 15) is 9.59 Å². The van der Waals surface area contributed by atoms with E-state index in [0.29, 0.717) is 12.1 Å². The number of nitrogens with one attached hydrogen (secondary N) is 1. The number of carbonyl (C=O) groups is 2. The molecule has 0 radical (unpaired) electrons. The number of carbonyl (C=O) groups excluding carboxylic acids is 2. The van der Waals surface area contributed by atoms with E-state index in [1.165, 1.54) is 6.92 Å². The minimum atomic E-state index is -0.345. The fourth-order valence-corrected chi connectivity index (χ4v) is 2.25. The Hall–Kier alpha value is -2.14. The normalized spacial score (nSPS) is 10.1. The Balaban J connectivity index is 1.88. The second-order valence-corrected chi connectivity index (χ2v) is 5.09. The summed E-state index contributed by atoms with van der Waals surface area (Å²) in [5, 5.41) is 6.59. The monoisotopic (exact) mass is 289 g/mol. The van der Waals surface area contributed by atoms with Crippen molar-refractivity contribution in [2.45, 2.75) is 20.1 Å². The predicted molar refractivity (Wildman–Crippen MR) is 77.4 cm³/mol. The van der Waals surface area contributed by atoms with Gasteiger partial charge in [0, 0.05) is 19.0 Å². The summed E-state index contributed by atoms with van der Waals surface area (Å²) in [6.07, 6.45) is 0. The van der Waals surface area contributed by atoms with Crippen LogP contribution >= 0.6 is 11.3 Å². The Labute approximate surface area is 121 Å². The summed E-state index contributed by atoms with van der Waals surface area (Å²) in [7, 11) is 0. The first-order valence-electron chi connectivity index (χ1n) is 6.17. The summed E-state index contributed by atoms with van der Waals surface area (Å²) < 4.78 is 5.21. The highest BCUT2D eigenvalue weighted by Crippen LogP contribution is 2.10. The van der Waals surface area contributed by atoms with E-state index in [4.69, 9.17) is 4.74 Å². The van der Waals surface area contributed by atoms with E-state index in [2.05, 4.69) is 5.32 Å². The molecule has 1 N–H and O–H groups in total. The van der Waals surface area contributed by atoms with Gasteiger partial charge in [0.1, 0.15) is 6.61 Å². The molecule has 5 heteroatoms. The van der Waals surface area contributed by atoms with Crippen LogP contribution in [-0.4, -0.2) is 11.9 Å². The lowest BCUT2D eigenvalue weighted by Gasteiger charge is -2.05. The van der Waals surface area contributed by atoms with Gasteiger partial charge in [-0.1, -0.05) is 12.1 Å². The molecule has 1 amide bonds. The lowest BCUT2D eigenvalue weighted by Crippen LogP contribution is -2.18. The number of benzene rings is 1. The molecule has 1 aromatic heterocycles. The lowest BCUT2D eigenvalue weighted by atomic mass is 10.1. The summed E-state index contributed by atoms with van der Waals surface area (Å²) in [6, 6.07) is 8.93. The molecule has 4 nitrogen and oxygen atoms in total. The first-order chi connectivity index (χ1) is 9.65. The second-order valence-electron chi connectivity index (χ2n) is 4.31. The average Bonchev–Trinajstić information content (AvgIpc) is 2.96. The van der Waals surface area contributed by atoms with Gasteiger partial charge in [-0.15, -0.1) is 0 Å². The standard InChI is InChI=1S/C15H15NO3S/c1-11(17)16-8-12-2-4-14(5-3-12)15(18)19-9-13-6-7-20-10-13/h2-7,10H,8-9H2,1H3,(H,16,17). The van der Waals surface area contributed by atoms with Crippen molar-refractivity contribution in [2.24, 2.45) is 0 Å². The highest BCUT2D eigenvalue weighted by atomic mass is 32.1. The van der Waals surface area contributed by atoms with Gasteiger partial charge in [-0.3, -0.25) is 4.79 Å². The van der Waals surface area contributed by atoms with E-state index >= 15 is 0 Å². The molecule has 2 rings (SSSR count). The number of esters is 1. The van der Waals surface area contributed by atoms with Crippen LogP contribution in [0.25, 0.3) is 0 Å². The molecule has 1 heterocycles. The third-order valence-corrected chi connectivity index (χ3v) is 3.41. The molecule has 0 spiro atoms. The van der Waals surface area contributed by atoms with Gasteiger partial charge in [0.05, 0.1) is 5.56 Å². The largest absolute Gasteiger partial charge is 0.457 e. The minimum absolute atomic E-state index is 0.0794. The van der Waals surface area contributed by atoms with Crippen molar-refractivity contribution < 1.29 is 14.3 Å². The van der Waals surface area contributed by atoms with E-state index in [-0.39, 0.29) is 18.5 Å². The highest BCUT2D eigenvalue weighted by Gasteiger charge is 2.07. The summed E-state index contributed by atoms with van der Waals surface area (Å²) in [6.45, 7) is 2.21. The molecule has 0 unspecified atom stereocenters. The summed E-state index contributed by atoms with van der Waals surface area (Å²) in [4.78, 5) is 22.6. The van der Waals surface area contributed by atoms with Crippen LogP contribution in [0.15, 0.2) is 41.1 Å². The van der Waals surface area contributed by atoms with Crippen LogP contribution in [0.2, 0.25) is 0 Å². The van der Waals surface area contributed by atoms with Crippen molar-refractivity contribution in [3.05, 3.63) is 57.8 Å². The zero-order chi connectivity index (χ0) is 14.4. The SMILES string of the molecule is CC(=O)NCc1ccc(C(=O)OCc2ccsc2)cc1. The van der Waals surface area contributed by atoms with Crippen molar-refractivity contribution in [2.75, 3.05) is 0 Å². The van der Waals surface area contributed by atoms with E-state index in [1.54, 1.807) is 35.6 Å². The third kappa shape index (κ3) is 4.20. The van der Waals surface area contributed by atoms with E-state index in [1.807, 2.05) is 16.8 Å². The van der Waals surface area contributed by atoms with Crippen LogP contribution in [0.5, 0.6) is 0 Å². The van der Waals surface area contributed by atoms with E-state index in [0.717, 1.165) is 11.1 Å². The van der Waals surface area contributed by atoms with Crippen LogP contribution in [0.4, 0.5) is 0 Å². The molecule has 0 aliphatic rings. The highest BCUT2D eigenvalue weighted by molar-refractivity contribution is 7.07. The number of hydrogen-bond acceptors (Lipinski definition) is 4. The van der Waals surface area contributed by atoms with Crippen molar-refractivity contribution in [1.82, 2.24) is 5.32 Å². The van der Waals surface area contributed by atoms with Crippen molar-refractivity contribution in [1.29, 1.82) is 0 Å². The van der Waals surface area contributed by atoms with Crippen LogP contribution < -0.4 is 5.32 Å². The lowest BCUT2D eigenvalue weighted by molar-refractivity contribution is -0.119. The van der Waals surface area contributed by atoms with Gasteiger partial charge in [-0.05, 0) is 34.5 Å².